The zero-order valence-electron chi connectivity index (χ0n) is 17.7. The number of benzene rings is 1. The van der Waals surface area contributed by atoms with Crippen LogP contribution < -0.4 is 0 Å². The fourth-order valence-corrected chi connectivity index (χ4v) is 4.00. The average molecular weight is 424 g/mol. The Morgan fingerprint density at radius 2 is 1.90 bits per heavy atom. The molecule has 1 aromatic carbocycles. The quantitative estimate of drug-likeness (QED) is 0.675. The number of carboxylic acid groups (broad SMARTS) is 1. The van der Waals surface area contributed by atoms with Gasteiger partial charge in [0.2, 0.25) is 5.91 Å². The second kappa shape index (κ2) is 8.74. The van der Waals surface area contributed by atoms with Crippen molar-refractivity contribution >= 4 is 29.4 Å². The molecule has 0 aromatic heterocycles. The van der Waals surface area contributed by atoms with Gasteiger partial charge in [0.25, 0.3) is 0 Å². The Bertz CT molecular complexity index is 770. The van der Waals surface area contributed by atoms with Crippen molar-refractivity contribution in [2.75, 3.05) is 0 Å². The van der Waals surface area contributed by atoms with Gasteiger partial charge in [-0.2, -0.15) is 0 Å². The van der Waals surface area contributed by atoms with Crippen LogP contribution in [0.3, 0.4) is 0 Å². The van der Waals surface area contributed by atoms with Gasteiger partial charge in [0, 0.05) is 5.02 Å². The summed E-state index contributed by atoms with van der Waals surface area (Å²) in [5.74, 6) is -1.84. The van der Waals surface area contributed by atoms with Crippen LogP contribution in [-0.2, 0) is 19.1 Å². The van der Waals surface area contributed by atoms with E-state index in [0.29, 0.717) is 24.3 Å². The van der Waals surface area contributed by atoms with Crippen LogP contribution in [0, 0.1) is 5.41 Å². The van der Waals surface area contributed by atoms with Gasteiger partial charge in [-0.3, -0.25) is 9.59 Å². The zero-order chi connectivity index (χ0) is 22.0. The molecule has 0 spiro atoms. The van der Waals surface area contributed by atoms with Crippen molar-refractivity contribution in [2.24, 2.45) is 5.41 Å². The summed E-state index contributed by atoms with van der Waals surface area (Å²) in [5.41, 5.74) is -0.893. The number of rotatable bonds is 6. The van der Waals surface area contributed by atoms with Crippen molar-refractivity contribution in [3.8, 4) is 0 Å². The second-order valence-corrected chi connectivity index (χ2v) is 9.34. The highest BCUT2D eigenvalue weighted by Crippen LogP contribution is 2.44. The molecule has 2 unspecified atom stereocenters. The van der Waals surface area contributed by atoms with Gasteiger partial charge in [0.15, 0.2) is 0 Å². The number of likely N-dealkylation sites (tertiary alicyclic amines) is 1. The number of nitrogens with zero attached hydrogens (tertiary/aromatic N) is 1. The lowest BCUT2D eigenvalue weighted by Crippen LogP contribution is -2.56. The van der Waals surface area contributed by atoms with Gasteiger partial charge in [-0.1, -0.05) is 37.6 Å². The molecule has 1 aromatic rings. The number of amides is 1. The standard InChI is InChI=1S/C22H30ClNO5/c1-6-16(19(27)29-21(2,3)4)24-17(14-7-9-15(23)10-8-14)11-12-22(5,20(24)28)13-18(25)26/h7-10,16-17H,6,11-13H2,1-5H3,(H,25,26)/t16?,17?,22-/m1/s1. The maximum atomic E-state index is 13.5. The SMILES string of the molecule is CCC(C(=O)OC(C)(C)C)N1C(=O)[C@@](C)(CC(=O)O)CCC1c1ccc(Cl)cc1. The van der Waals surface area contributed by atoms with E-state index in [1.807, 2.05) is 19.1 Å². The Labute approximate surface area is 177 Å². The van der Waals surface area contributed by atoms with E-state index in [2.05, 4.69) is 0 Å². The molecule has 29 heavy (non-hydrogen) atoms. The van der Waals surface area contributed by atoms with Gasteiger partial charge in [-0.05, 0) is 57.7 Å². The van der Waals surface area contributed by atoms with E-state index in [1.165, 1.54) is 0 Å². The first kappa shape index (κ1) is 23.2. The zero-order valence-corrected chi connectivity index (χ0v) is 18.5. The molecular formula is C22H30ClNO5. The normalized spacial score (nSPS) is 23.6. The Morgan fingerprint density at radius 1 is 1.31 bits per heavy atom. The van der Waals surface area contributed by atoms with Crippen LogP contribution in [0.1, 0.15) is 71.9 Å². The summed E-state index contributed by atoms with van der Waals surface area (Å²) in [6.45, 7) is 8.82. The summed E-state index contributed by atoms with van der Waals surface area (Å²) in [7, 11) is 0. The first-order valence-electron chi connectivity index (χ1n) is 9.91. The van der Waals surface area contributed by atoms with Gasteiger partial charge in [-0.15, -0.1) is 0 Å². The molecule has 3 atom stereocenters. The maximum Gasteiger partial charge on any atom is 0.329 e. The molecule has 0 aliphatic carbocycles. The third kappa shape index (κ3) is 5.50. The third-order valence-electron chi connectivity index (χ3n) is 5.25. The van der Waals surface area contributed by atoms with Gasteiger partial charge >= 0.3 is 11.9 Å². The molecule has 0 saturated carbocycles. The molecule has 7 heteroatoms. The number of piperidine rings is 1. The van der Waals surface area contributed by atoms with E-state index in [9.17, 15) is 19.5 Å². The lowest BCUT2D eigenvalue weighted by molar-refractivity contribution is -0.173. The van der Waals surface area contributed by atoms with Crippen LogP contribution >= 0.6 is 11.6 Å². The largest absolute Gasteiger partial charge is 0.481 e. The van der Waals surface area contributed by atoms with Crippen molar-refractivity contribution < 1.29 is 24.2 Å². The minimum absolute atomic E-state index is 0.277. The third-order valence-corrected chi connectivity index (χ3v) is 5.51. The summed E-state index contributed by atoms with van der Waals surface area (Å²) in [6, 6.07) is 6.04. The van der Waals surface area contributed by atoms with E-state index >= 15 is 0 Å². The topological polar surface area (TPSA) is 83.9 Å². The predicted molar refractivity (Wildman–Crippen MR) is 111 cm³/mol. The Hall–Kier alpha value is -2.08. The second-order valence-electron chi connectivity index (χ2n) is 8.91. The number of hydrogen-bond donors (Lipinski definition) is 1. The minimum Gasteiger partial charge on any atom is -0.481 e. The Kier molecular flexibility index (Phi) is 6.99. The van der Waals surface area contributed by atoms with Crippen LogP contribution in [0.4, 0.5) is 0 Å². The van der Waals surface area contributed by atoms with Crippen LogP contribution in [0.15, 0.2) is 24.3 Å². The predicted octanol–water partition coefficient (Wildman–Crippen LogP) is 4.60. The molecule has 0 bridgehead atoms. The number of carbonyl (C=O) groups excluding carboxylic acids is 2. The molecule has 6 nitrogen and oxygen atoms in total. The lowest BCUT2D eigenvalue weighted by atomic mass is 9.74. The molecule has 160 valence electrons. The summed E-state index contributed by atoms with van der Waals surface area (Å²) in [6.07, 6.45) is 1.07. The molecule has 1 saturated heterocycles. The number of halogens is 1. The highest BCUT2D eigenvalue weighted by molar-refractivity contribution is 6.30. The molecule has 1 aliphatic heterocycles. The van der Waals surface area contributed by atoms with E-state index in [-0.39, 0.29) is 18.4 Å². The smallest absolute Gasteiger partial charge is 0.329 e. The molecule has 1 N–H and O–H groups in total. The summed E-state index contributed by atoms with van der Waals surface area (Å²) < 4.78 is 5.57. The summed E-state index contributed by atoms with van der Waals surface area (Å²) >= 11 is 6.01. The molecular weight excluding hydrogens is 394 g/mol. The molecule has 1 fully saturated rings. The molecule has 1 aliphatic rings. The number of carboxylic acids is 1. The monoisotopic (exact) mass is 423 g/mol. The van der Waals surface area contributed by atoms with Gasteiger partial charge < -0.3 is 14.7 Å². The van der Waals surface area contributed by atoms with E-state index in [1.54, 1.807) is 44.7 Å². The number of ether oxygens (including phenoxy) is 1. The highest BCUT2D eigenvalue weighted by atomic mass is 35.5. The van der Waals surface area contributed by atoms with Crippen LogP contribution in [0.5, 0.6) is 0 Å². The fraction of sp³-hybridized carbons (Fsp3) is 0.591. The Balaban J connectivity index is 2.48. The van der Waals surface area contributed by atoms with Gasteiger partial charge in [-0.25, -0.2) is 4.79 Å². The molecule has 0 radical (unpaired) electrons. The minimum atomic E-state index is -1.07. The maximum absolute atomic E-state index is 13.5. The van der Waals surface area contributed by atoms with E-state index in [4.69, 9.17) is 16.3 Å². The van der Waals surface area contributed by atoms with Crippen molar-refractivity contribution in [1.29, 1.82) is 0 Å². The first-order valence-corrected chi connectivity index (χ1v) is 10.3. The van der Waals surface area contributed by atoms with E-state index < -0.39 is 29.0 Å². The highest BCUT2D eigenvalue weighted by Gasteiger charge is 2.49. The van der Waals surface area contributed by atoms with Crippen molar-refractivity contribution in [3.05, 3.63) is 34.9 Å². The number of hydrogen-bond acceptors (Lipinski definition) is 4. The van der Waals surface area contributed by atoms with E-state index in [0.717, 1.165) is 5.56 Å². The van der Waals surface area contributed by atoms with Gasteiger partial charge in [0.1, 0.15) is 11.6 Å². The van der Waals surface area contributed by atoms with Crippen LogP contribution in [-0.4, -0.2) is 39.5 Å². The van der Waals surface area contributed by atoms with Crippen LogP contribution in [0.25, 0.3) is 0 Å². The Morgan fingerprint density at radius 3 is 2.38 bits per heavy atom. The van der Waals surface area contributed by atoms with Crippen LogP contribution in [0.2, 0.25) is 5.02 Å². The summed E-state index contributed by atoms with van der Waals surface area (Å²) in [5, 5.41) is 9.91. The summed E-state index contributed by atoms with van der Waals surface area (Å²) in [4.78, 5) is 39.4. The van der Waals surface area contributed by atoms with Crippen molar-refractivity contribution in [2.45, 2.75) is 78.0 Å². The molecule has 1 heterocycles. The fourth-order valence-electron chi connectivity index (χ4n) is 3.87. The molecule has 1 amide bonds. The number of aliphatic carboxylic acids is 1. The number of carbonyl (C=O) groups is 3. The first-order chi connectivity index (χ1) is 13.4. The number of esters is 1. The average Bonchev–Trinajstić information content (AvgIpc) is 2.58. The molecule has 2 rings (SSSR count). The van der Waals surface area contributed by atoms with Crippen molar-refractivity contribution in [1.82, 2.24) is 4.90 Å². The lowest BCUT2D eigenvalue weighted by Gasteiger charge is -2.47. The van der Waals surface area contributed by atoms with Crippen molar-refractivity contribution in [3.63, 3.8) is 0 Å². The van der Waals surface area contributed by atoms with Gasteiger partial charge in [0.05, 0.1) is 17.9 Å².